The fourth-order valence-corrected chi connectivity index (χ4v) is 2.90. The van der Waals surface area contributed by atoms with Crippen LogP contribution in [0.3, 0.4) is 0 Å². The predicted molar refractivity (Wildman–Crippen MR) is 104 cm³/mol. The minimum Gasteiger partial charge on any atom is -0.357 e. The third-order valence-corrected chi connectivity index (χ3v) is 4.11. The first-order valence-electron chi connectivity index (χ1n) is 7.25. The van der Waals surface area contributed by atoms with Crippen LogP contribution in [0.4, 0.5) is 0 Å². The average molecular weight is 433 g/mol. The van der Waals surface area contributed by atoms with Crippen LogP contribution in [0.1, 0.15) is 22.5 Å². The maximum absolute atomic E-state index is 4.63. The van der Waals surface area contributed by atoms with E-state index in [-0.39, 0.29) is 24.0 Å². The summed E-state index contributed by atoms with van der Waals surface area (Å²) in [5.74, 6) is 0.857. The Morgan fingerprint density at radius 2 is 2.00 bits per heavy atom. The van der Waals surface area contributed by atoms with Gasteiger partial charge >= 0.3 is 0 Å². The van der Waals surface area contributed by atoms with Crippen LogP contribution < -0.4 is 10.6 Å². The lowest BCUT2D eigenvalue weighted by Gasteiger charge is -2.11. The molecule has 0 aliphatic heterocycles. The number of hydrogen-bond donors (Lipinski definition) is 2. The molecule has 0 fully saturated rings. The second kappa shape index (κ2) is 9.83. The van der Waals surface area contributed by atoms with Gasteiger partial charge in [0.15, 0.2) is 5.96 Å². The Hall–Kier alpha value is -1.09. The molecule has 0 saturated carbocycles. The fraction of sp³-hybridized carbons (Fsp3) is 0.467. The van der Waals surface area contributed by atoms with E-state index in [2.05, 4.69) is 44.5 Å². The topological polar surface area (TPSA) is 54.2 Å². The summed E-state index contributed by atoms with van der Waals surface area (Å²) in [7, 11) is 0. The summed E-state index contributed by atoms with van der Waals surface area (Å²) in [4.78, 5) is 10.3. The maximum atomic E-state index is 4.63. The zero-order valence-electron chi connectivity index (χ0n) is 13.3. The number of aryl methyl sites for hydroxylation is 2. The minimum atomic E-state index is 0. The van der Waals surface area contributed by atoms with Gasteiger partial charge in [0.25, 0.3) is 0 Å². The van der Waals surface area contributed by atoms with Crippen LogP contribution in [-0.4, -0.2) is 28.6 Å². The lowest BCUT2D eigenvalue weighted by molar-refractivity contribution is 0.666. The van der Waals surface area contributed by atoms with E-state index in [1.807, 2.05) is 26.0 Å². The van der Waals surface area contributed by atoms with E-state index >= 15 is 0 Å². The molecular weight excluding hydrogens is 409 g/mol. The van der Waals surface area contributed by atoms with E-state index < -0.39 is 0 Å². The molecule has 0 amide bonds. The Morgan fingerprint density at radius 3 is 2.59 bits per heavy atom. The van der Waals surface area contributed by atoms with Crippen molar-refractivity contribution in [3.8, 4) is 0 Å². The minimum absolute atomic E-state index is 0. The first-order valence-corrected chi connectivity index (χ1v) is 8.06. The number of rotatable bonds is 6. The molecule has 2 aromatic rings. The molecule has 2 rings (SSSR count). The van der Waals surface area contributed by atoms with Crippen LogP contribution in [0, 0.1) is 13.8 Å². The second-order valence-electron chi connectivity index (χ2n) is 4.78. The van der Waals surface area contributed by atoms with Crippen molar-refractivity contribution < 1.29 is 0 Å². The molecule has 0 unspecified atom stereocenters. The van der Waals surface area contributed by atoms with Crippen LogP contribution in [0.2, 0.25) is 0 Å². The van der Waals surface area contributed by atoms with E-state index in [0.717, 1.165) is 36.3 Å². The molecule has 7 heteroatoms. The molecule has 0 saturated heterocycles. The van der Waals surface area contributed by atoms with Crippen LogP contribution in [-0.2, 0) is 13.1 Å². The molecule has 0 atom stereocenters. The Kier molecular flexibility index (Phi) is 8.47. The fourth-order valence-electron chi connectivity index (χ4n) is 2.04. The van der Waals surface area contributed by atoms with Crippen molar-refractivity contribution in [2.75, 3.05) is 13.1 Å². The van der Waals surface area contributed by atoms with Gasteiger partial charge in [0.05, 0.1) is 17.2 Å². The highest BCUT2D eigenvalue weighted by Crippen LogP contribution is 2.17. The largest absolute Gasteiger partial charge is 0.357 e. The number of halogens is 1. The number of thiazole rings is 1. The lowest BCUT2D eigenvalue weighted by Crippen LogP contribution is -2.38. The summed E-state index contributed by atoms with van der Waals surface area (Å²) in [5.41, 5.74) is 1.09. The van der Waals surface area contributed by atoms with E-state index in [4.69, 9.17) is 0 Å². The molecule has 0 bridgehead atoms. The number of guanidine groups is 1. The van der Waals surface area contributed by atoms with Gasteiger partial charge in [-0.15, -0.1) is 35.3 Å². The molecule has 0 aliphatic rings. The van der Waals surface area contributed by atoms with E-state index in [0.29, 0.717) is 6.54 Å². The van der Waals surface area contributed by atoms with Gasteiger partial charge in [0.1, 0.15) is 0 Å². The van der Waals surface area contributed by atoms with Gasteiger partial charge in [-0.3, -0.25) is 0 Å². The van der Waals surface area contributed by atoms with E-state index in [1.54, 1.807) is 11.3 Å². The third kappa shape index (κ3) is 5.96. The highest BCUT2D eigenvalue weighted by molar-refractivity contribution is 14.0. The molecule has 0 aromatic carbocycles. The van der Waals surface area contributed by atoms with Gasteiger partial charge in [0.2, 0.25) is 0 Å². The zero-order chi connectivity index (χ0) is 15.1. The lowest BCUT2D eigenvalue weighted by atomic mass is 10.4. The highest BCUT2D eigenvalue weighted by atomic mass is 127. The Balaban J connectivity index is 0.00000242. The van der Waals surface area contributed by atoms with Crippen molar-refractivity contribution >= 4 is 41.3 Å². The molecular formula is C15H24IN5S. The standard InChI is InChI=1S/C15H23N5S.HI/c1-4-16-15(17-7-10-20-8-5-6-9-20)18-11-14-12(2)19-13(3)21-14;/h5-6,8-9H,4,7,10-11H2,1-3H3,(H2,16,17,18);1H. The van der Waals surface area contributed by atoms with Crippen molar-refractivity contribution in [2.24, 2.45) is 4.99 Å². The summed E-state index contributed by atoms with van der Waals surface area (Å²) in [6.07, 6.45) is 4.13. The van der Waals surface area contributed by atoms with Gasteiger partial charge in [-0.25, -0.2) is 9.98 Å². The number of nitrogens with zero attached hydrogens (tertiary/aromatic N) is 3. The first-order chi connectivity index (χ1) is 10.2. The van der Waals surface area contributed by atoms with Crippen LogP contribution >= 0.6 is 35.3 Å². The number of hydrogen-bond acceptors (Lipinski definition) is 3. The smallest absolute Gasteiger partial charge is 0.191 e. The monoisotopic (exact) mass is 433 g/mol. The van der Waals surface area contributed by atoms with Crippen molar-refractivity contribution in [3.05, 3.63) is 40.1 Å². The summed E-state index contributed by atoms with van der Waals surface area (Å²) in [6.45, 7) is 9.46. The zero-order valence-corrected chi connectivity index (χ0v) is 16.4. The van der Waals surface area contributed by atoms with Crippen molar-refractivity contribution in [1.82, 2.24) is 20.2 Å². The SMILES string of the molecule is CCNC(=NCc1sc(C)nc1C)NCCn1cccc1.I. The number of aliphatic imine (C=N–C) groups is 1. The third-order valence-electron chi connectivity index (χ3n) is 3.05. The predicted octanol–water partition coefficient (Wildman–Crippen LogP) is 2.93. The van der Waals surface area contributed by atoms with Crippen molar-refractivity contribution in [1.29, 1.82) is 0 Å². The van der Waals surface area contributed by atoms with Gasteiger partial charge in [-0.1, -0.05) is 0 Å². The average Bonchev–Trinajstić information content (AvgIpc) is 3.06. The Labute approximate surface area is 153 Å². The molecule has 0 spiro atoms. The molecule has 2 N–H and O–H groups in total. The van der Waals surface area contributed by atoms with Crippen LogP contribution in [0.5, 0.6) is 0 Å². The quantitative estimate of drug-likeness (QED) is 0.419. The maximum Gasteiger partial charge on any atom is 0.191 e. The van der Waals surface area contributed by atoms with E-state index in [9.17, 15) is 0 Å². The van der Waals surface area contributed by atoms with Crippen molar-refractivity contribution in [3.63, 3.8) is 0 Å². The number of nitrogens with one attached hydrogen (secondary N) is 2. The highest BCUT2D eigenvalue weighted by Gasteiger charge is 2.04. The first kappa shape index (κ1) is 19.0. The van der Waals surface area contributed by atoms with Gasteiger partial charge in [-0.2, -0.15) is 0 Å². The summed E-state index contributed by atoms with van der Waals surface area (Å²) < 4.78 is 2.15. The molecule has 2 heterocycles. The second-order valence-corrected chi connectivity index (χ2v) is 6.07. The van der Waals surface area contributed by atoms with Crippen LogP contribution in [0.15, 0.2) is 29.5 Å². The number of aromatic nitrogens is 2. The molecule has 0 radical (unpaired) electrons. The summed E-state index contributed by atoms with van der Waals surface area (Å²) >= 11 is 1.72. The van der Waals surface area contributed by atoms with Gasteiger partial charge in [-0.05, 0) is 32.9 Å². The Bertz CT molecular complexity index is 577. The molecule has 122 valence electrons. The molecule has 22 heavy (non-hydrogen) atoms. The summed E-state index contributed by atoms with van der Waals surface area (Å²) in [6, 6.07) is 4.07. The van der Waals surface area contributed by atoms with Crippen LogP contribution in [0.25, 0.3) is 0 Å². The molecule has 5 nitrogen and oxygen atoms in total. The van der Waals surface area contributed by atoms with Gasteiger partial charge in [0, 0.05) is 36.9 Å². The normalized spacial score (nSPS) is 11.1. The molecule has 0 aliphatic carbocycles. The Morgan fingerprint density at radius 1 is 1.27 bits per heavy atom. The van der Waals surface area contributed by atoms with Crippen molar-refractivity contribution in [2.45, 2.75) is 33.9 Å². The molecule has 2 aromatic heterocycles. The summed E-state index contributed by atoms with van der Waals surface area (Å²) in [5, 5.41) is 7.73. The van der Waals surface area contributed by atoms with E-state index in [1.165, 1.54) is 4.88 Å². The van der Waals surface area contributed by atoms with Gasteiger partial charge < -0.3 is 15.2 Å².